The van der Waals surface area contributed by atoms with E-state index in [1.54, 1.807) is 66.7 Å². The summed E-state index contributed by atoms with van der Waals surface area (Å²) in [7, 11) is -4.17. The van der Waals surface area contributed by atoms with E-state index in [4.69, 9.17) is 11.6 Å². The van der Waals surface area contributed by atoms with Crippen molar-refractivity contribution in [2.75, 3.05) is 10.8 Å². The fourth-order valence-electron chi connectivity index (χ4n) is 4.62. The smallest absolute Gasteiger partial charge is 0.264 e. The summed E-state index contributed by atoms with van der Waals surface area (Å²) in [5, 5.41) is 3.38. The highest BCUT2D eigenvalue weighted by Crippen LogP contribution is 2.28. The van der Waals surface area contributed by atoms with E-state index >= 15 is 0 Å². The number of halogens is 2. The number of hydrogen-bond acceptors (Lipinski definition) is 4. The van der Waals surface area contributed by atoms with Crippen LogP contribution >= 0.6 is 27.5 Å². The van der Waals surface area contributed by atoms with Gasteiger partial charge >= 0.3 is 0 Å². The molecule has 0 saturated carbocycles. The molecular formula is C33H33BrClN3O4S. The minimum absolute atomic E-state index is 0.000763. The molecule has 4 aromatic rings. The van der Waals surface area contributed by atoms with Crippen molar-refractivity contribution >= 4 is 55.1 Å². The second-order valence-corrected chi connectivity index (χ2v) is 13.5. The standard InChI is InChI=1S/C33H33BrClN3O4S/c1-24(2)36-33(40)31(20-25-12-5-3-6-13-25)37(22-26-14-9-10-19-30(26)35)32(39)23-38(28-16-11-15-27(34)21-28)43(41,42)29-17-7-4-8-18-29/h3-19,21,24,31H,20,22-23H2,1-2H3,(H,36,40)/t31-/m0/s1. The van der Waals surface area contributed by atoms with Crippen LogP contribution < -0.4 is 9.62 Å². The van der Waals surface area contributed by atoms with Crippen molar-refractivity contribution in [1.29, 1.82) is 0 Å². The van der Waals surface area contributed by atoms with Gasteiger partial charge in [0.05, 0.1) is 10.6 Å². The SMILES string of the molecule is CC(C)NC(=O)[C@H](Cc1ccccc1)N(Cc1ccccc1Cl)C(=O)CN(c1cccc(Br)c1)S(=O)(=O)c1ccccc1. The highest BCUT2D eigenvalue weighted by atomic mass is 79.9. The van der Waals surface area contributed by atoms with Gasteiger partial charge in [0.1, 0.15) is 12.6 Å². The number of nitrogens with one attached hydrogen (secondary N) is 1. The summed E-state index contributed by atoms with van der Waals surface area (Å²) in [6, 6.07) is 30.1. The number of anilines is 1. The summed E-state index contributed by atoms with van der Waals surface area (Å²) < 4.78 is 29.7. The molecule has 0 aliphatic heterocycles. The van der Waals surface area contributed by atoms with E-state index in [0.717, 1.165) is 9.87 Å². The molecule has 43 heavy (non-hydrogen) atoms. The van der Waals surface area contributed by atoms with Crippen LogP contribution in [0.15, 0.2) is 119 Å². The van der Waals surface area contributed by atoms with E-state index in [1.807, 2.05) is 44.2 Å². The number of amides is 2. The van der Waals surface area contributed by atoms with Gasteiger partial charge in [-0.25, -0.2) is 8.42 Å². The fraction of sp³-hybridized carbons (Fsp3) is 0.212. The number of carbonyl (C=O) groups excluding carboxylic acids is 2. The second-order valence-electron chi connectivity index (χ2n) is 10.3. The van der Waals surface area contributed by atoms with Gasteiger partial charge < -0.3 is 10.2 Å². The van der Waals surface area contributed by atoms with Crippen LogP contribution in [-0.4, -0.2) is 43.8 Å². The van der Waals surface area contributed by atoms with Gasteiger partial charge in [0.25, 0.3) is 10.0 Å². The molecule has 0 aliphatic rings. The van der Waals surface area contributed by atoms with Gasteiger partial charge in [-0.1, -0.05) is 100 Å². The maximum atomic E-state index is 14.4. The highest BCUT2D eigenvalue weighted by Gasteiger charge is 2.35. The molecule has 10 heteroatoms. The van der Waals surface area contributed by atoms with Gasteiger partial charge in [-0.05, 0) is 61.4 Å². The van der Waals surface area contributed by atoms with Crippen LogP contribution in [-0.2, 0) is 32.6 Å². The quantitative estimate of drug-likeness (QED) is 0.186. The molecule has 4 rings (SSSR count). The number of nitrogens with zero attached hydrogens (tertiary/aromatic N) is 2. The zero-order valence-electron chi connectivity index (χ0n) is 23.9. The van der Waals surface area contributed by atoms with E-state index in [9.17, 15) is 18.0 Å². The molecule has 0 aliphatic carbocycles. The lowest BCUT2D eigenvalue weighted by Crippen LogP contribution is -2.54. The Balaban J connectivity index is 1.81. The van der Waals surface area contributed by atoms with Crippen molar-refractivity contribution in [3.8, 4) is 0 Å². The van der Waals surface area contributed by atoms with Crippen molar-refractivity contribution in [2.45, 2.75) is 43.8 Å². The van der Waals surface area contributed by atoms with Crippen LogP contribution in [0, 0.1) is 0 Å². The van der Waals surface area contributed by atoms with Gasteiger partial charge in [0.2, 0.25) is 11.8 Å². The normalized spacial score (nSPS) is 12.0. The van der Waals surface area contributed by atoms with Gasteiger partial charge in [-0.15, -0.1) is 0 Å². The third-order valence-electron chi connectivity index (χ3n) is 6.71. The van der Waals surface area contributed by atoms with Gasteiger partial charge in [0.15, 0.2) is 0 Å². The Morgan fingerprint density at radius 1 is 0.860 bits per heavy atom. The van der Waals surface area contributed by atoms with E-state index in [1.165, 1.54) is 17.0 Å². The molecule has 0 spiro atoms. The monoisotopic (exact) mass is 681 g/mol. The Kier molecular flexibility index (Phi) is 11.0. The summed E-state index contributed by atoms with van der Waals surface area (Å²) in [5.41, 5.74) is 1.78. The topological polar surface area (TPSA) is 86.8 Å². The third kappa shape index (κ3) is 8.46. The molecule has 4 aromatic carbocycles. The summed E-state index contributed by atoms with van der Waals surface area (Å²) in [5.74, 6) is -0.904. The zero-order chi connectivity index (χ0) is 31.0. The number of benzene rings is 4. The number of hydrogen-bond donors (Lipinski definition) is 1. The van der Waals surface area contributed by atoms with Crippen LogP contribution in [0.3, 0.4) is 0 Å². The van der Waals surface area contributed by atoms with Crippen LogP contribution in [0.25, 0.3) is 0 Å². The van der Waals surface area contributed by atoms with Gasteiger partial charge in [-0.2, -0.15) is 0 Å². The molecule has 224 valence electrons. The first kappa shape index (κ1) is 32.3. The predicted molar refractivity (Wildman–Crippen MR) is 174 cm³/mol. The Bertz CT molecular complexity index is 1650. The molecule has 0 radical (unpaired) electrons. The largest absolute Gasteiger partial charge is 0.352 e. The van der Waals surface area contributed by atoms with E-state index in [0.29, 0.717) is 20.7 Å². The zero-order valence-corrected chi connectivity index (χ0v) is 27.0. The van der Waals surface area contributed by atoms with E-state index in [-0.39, 0.29) is 29.8 Å². The summed E-state index contributed by atoms with van der Waals surface area (Å²) in [6.45, 7) is 3.15. The maximum Gasteiger partial charge on any atom is 0.264 e. The summed E-state index contributed by atoms with van der Waals surface area (Å²) in [4.78, 5) is 29.6. The summed E-state index contributed by atoms with van der Waals surface area (Å²) in [6.07, 6.45) is 0.220. The van der Waals surface area contributed by atoms with Crippen molar-refractivity contribution in [1.82, 2.24) is 10.2 Å². The maximum absolute atomic E-state index is 14.4. The van der Waals surface area contributed by atoms with Gasteiger partial charge in [0, 0.05) is 28.5 Å². The van der Waals surface area contributed by atoms with Crippen LogP contribution in [0.4, 0.5) is 5.69 Å². The molecule has 0 aromatic heterocycles. The molecule has 1 atom stereocenters. The minimum atomic E-state index is -4.17. The third-order valence-corrected chi connectivity index (χ3v) is 9.36. The van der Waals surface area contributed by atoms with Crippen molar-refractivity contribution < 1.29 is 18.0 Å². The van der Waals surface area contributed by atoms with Crippen molar-refractivity contribution in [3.63, 3.8) is 0 Å². The first-order valence-corrected chi connectivity index (χ1v) is 16.4. The number of rotatable bonds is 12. The Hall–Kier alpha value is -3.66. The van der Waals surface area contributed by atoms with Crippen LogP contribution in [0.2, 0.25) is 5.02 Å². The van der Waals surface area contributed by atoms with Crippen LogP contribution in [0.1, 0.15) is 25.0 Å². The molecule has 0 heterocycles. The Labute approximate surface area is 266 Å². The van der Waals surface area contributed by atoms with Crippen molar-refractivity contribution in [3.05, 3.63) is 130 Å². The average molecular weight is 683 g/mol. The second kappa shape index (κ2) is 14.7. The molecule has 0 saturated heterocycles. The van der Waals surface area contributed by atoms with E-state index < -0.39 is 28.5 Å². The lowest BCUT2D eigenvalue weighted by atomic mass is 10.0. The minimum Gasteiger partial charge on any atom is -0.352 e. The molecule has 0 bridgehead atoms. The number of carbonyl (C=O) groups is 2. The Morgan fingerprint density at radius 3 is 2.12 bits per heavy atom. The molecule has 1 N–H and O–H groups in total. The van der Waals surface area contributed by atoms with Crippen molar-refractivity contribution in [2.24, 2.45) is 0 Å². The molecule has 2 amide bonds. The van der Waals surface area contributed by atoms with E-state index in [2.05, 4.69) is 21.2 Å². The fourth-order valence-corrected chi connectivity index (χ4v) is 6.63. The average Bonchev–Trinajstić information content (AvgIpc) is 2.99. The first-order chi connectivity index (χ1) is 20.6. The van der Waals surface area contributed by atoms with Crippen LogP contribution in [0.5, 0.6) is 0 Å². The lowest BCUT2D eigenvalue weighted by Gasteiger charge is -2.34. The first-order valence-electron chi connectivity index (χ1n) is 13.8. The summed E-state index contributed by atoms with van der Waals surface area (Å²) >= 11 is 9.94. The Morgan fingerprint density at radius 2 is 1.49 bits per heavy atom. The number of sulfonamides is 1. The van der Waals surface area contributed by atoms with Gasteiger partial charge in [-0.3, -0.25) is 13.9 Å². The molecular weight excluding hydrogens is 650 g/mol. The highest BCUT2D eigenvalue weighted by molar-refractivity contribution is 9.10. The predicted octanol–water partition coefficient (Wildman–Crippen LogP) is 6.46. The molecule has 0 fully saturated rings. The lowest BCUT2D eigenvalue weighted by molar-refractivity contribution is -0.140. The molecule has 7 nitrogen and oxygen atoms in total. The molecule has 0 unspecified atom stereocenters.